The van der Waals surface area contributed by atoms with Crippen LogP contribution in [0.15, 0.2) is 53.6 Å². The number of ether oxygens (including phenoxy) is 2. The fourth-order valence-electron chi connectivity index (χ4n) is 3.61. The van der Waals surface area contributed by atoms with Crippen molar-refractivity contribution < 1.29 is 23.9 Å². The average molecular weight is 550 g/mol. The highest BCUT2D eigenvalue weighted by Crippen LogP contribution is 2.33. The summed E-state index contributed by atoms with van der Waals surface area (Å²) in [6.45, 7) is 13.8. The monoisotopic (exact) mass is 549 g/mol. The van der Waals surface area contributed by atoms with Crippen molar-refractivity contribution in [3.05, 3.63) is 81.2 Å². The smallest absolute Gasteiger partial charge is 0.341 e. The number of amides is 2. The topological polar surface area (TPSA) is 106 Å². The second kappa shape index (κ2) is 12.7. The average Bonchev–Trinajstić information content (AvgIpc) is 3.16. The molecule has 0 radical (unpaired) electrons. The summed E-state index contributed by atoms with van der Waals surface area (Å²) in [5, 5.41) is 7.28. The van der Waals surface area contributed by atoms with E-state index in [0.29, 0.717) is 21.9 Å². The molecule has 1 heterocycles. The van der Waals surface area contributed by atoms with Crippen molar-refractivity contribution >= 4 is 40.3 Å². The fourth-order valence-corrected chi connectivity index (χ4v) is 4.66. The second-order valence-electron chi connectivity index (χ2n) is 10.1. The number of benzene rings is 2. The number of hydrogen-bond acceptors (Lipinski definition) is 7. The first-order chi connectivity index (χ1) is 18.4. The SMILES string of the molecule is CCOC(=O)c1c(NC(=O)c2ccc(O[C@@H](C)C(=O)N/N=C\c3ccc(C(C)(C)C)cc3)cc2)sc(C)c1C. The summed E-state index contributed by atoms with van der Waals surface area (Å²) in [4.78, 5) is 38.5. The van der Waals surface area contributed by atoms with Crippen molar-refractivity contribution in [1.82, 2.24) is 5.43 Å². The number of rotatable bonds is 9. The Morgan fingerprint density at radius 1 is 1.03 bits per heavy atom. The van der Waals surface area contributed by atoms with Gasteiger partial charge in [0, 0.05) is 10.4 Å². The van der Waals surface area contributed by atoms with E-state index in [-0.39, 0.29) is 17.9 Å². The molecule has 3 rings (SSSR count). The Bertz CT molecular complexity index is 1350. The summed E-state index contributed by atoms with van der Waals surface area (Å²) in [5.74, 6) is -0.822. The van der Waals surface area contributed by atoms with Crippen molar-refractivity contribution in [1.29, 1.82) is 0 Å². The van der Waals surface area contributed by atoms with Gasteiger partial charge in [-0.05, 0) is 74.1 Å². The van der Waals surface area contributed by atoms with Crippen LogP contribution in [0, 0.1) is 13.8 Å². The van der Waals surface area contributed by atoms with Gasteiger partial charge in [0.05, 0.1) is 18.4 Å². The molecular formula is C30H35N3O5S. The van der Waals surface area contributed by atoms with E-state index in [1.165, 1.54) is 16.9 Å². The number of anilines is 1. The minimum Gasteiger partial charge on any atom is -0.481 e. The zero-order valence-corrected chi connectivity index (χ0v) is 24.2. The summed E-state index contributed by atoms with van der Waals surface area (Å²) in [6.07, 6.45) is 0.767. The molecule has 0 fully saturated rings. The minimum absolute atomic E-state index is 0.0641. The zero-order chi connectivity index (χ0) is 28.7. The number of hydrazone groups is 1. The van der Waals surface area contributed by atoms with E-state index in [1.807, 2.05) is 38.1 Å². The van der Waals surface area contributed by atoms with Crippen LogP contribution in [-0.4, -0.2) is 36.7 Å². The van der Waals surface area contributed by atoms with E-state index >= 15 is 0 Å². The van der Waals surface area contributed by atoms with Gasteiger partial charge in [-0.2, -0.15) is 5.10 Å². The Labute approximate surface area is 233 Å². The van der Waals surface area contributed by atoms with Gasteiger partial charge in [-0.3, -0.25) is 9.59 Å². The number of esters is 1. The zero-order valence-electron chi connectivity index (χ0n) is 23.4. The van der Waals surface area contributed by atoms with E-state index in [2.05, 4.69) is 36.6 Å². The number of nitrogens with zero attached hydrogens (tertiary/aromatic N) is 1. The fraction of sp³-hybridized carbons (Fsp3) is 0.333. The van der Waals surface area contributed by atoms with Gasteiger partial charge in [0.1, 0.15) is 10.8 Å². The molecule has 2 N–H and O–H groups in total. The Morgan fingerprint density at radius 2 is 1.67 bits per heavy atom. The Morgan fingerprint density at radius 3 is 2.26 bits per heavy atom. The predicted octanol–water partition coefficient (Wildman–Crippen LogP) is 6.01. The van der Waals surface area contributed by atoms with Crippen LogP contribution in [0.25, 0.3) is 0 Å². The molecule has 0 saturated carbocycles. The van der Waals surface area contributed by atoms with Crippen LogP contribution in [0.5, 0.6) is 5.75 Å². The third-order valence-corrected chi connectivity index (χ3v) is 7.18. The van der Waals surface area contributed by atoms with E-state index in [4.69, 9.17) is 9.47 Å². The lowest BCUT2D eigenvalue weighted by atomic mass is 9.87. The van der Waals surface area contributed by atoms with Gasteiger partial charge in [0.25, 0.3) is 11.8 Å². The molecule has 0 aliphatic heterocycles. The third kappa shape index (κ3) is 7.77. The first-order valence-corrected chi connectivity index (χ1v) is 13.5. The van der Waals surface area contributed by atoms with Crippen LogP contribution in [0.1, 0.15) is 76.9 Å². The normalized spacial score (nSPS) is 12.2. The first-order valence-electron chi connectivity index (χ1n) is 12.7. The highest BCUT2D eigenvalue weighted by molar-refractivity contribution is 7.16. The molecule has 8 nitrogen and oxygen atoms in total. The van der Waals surface area contributed by atoms with E-state index in [9.17, 15) is 14.4 Å². The van der Waals surface area contributed by atoms with Gasteiger partial charge in [-0.25, -0.2) is 10.2 Å². The number of thiophene rings is 1. The number of aryl methyl sites for hydroxylation is 1. The molecule has 0 aliphatic carbocycles. The van der Waals surface area contributed by atoms with Crippen LogP contribution in [0.3, 0.4) is 0 Å². The maximum absolute atomic E-state index is 12.8. The summed E-state index contributed by atoms with van der Waals surface area (Å²) in [7, 11) is 0. The lowest BCUT2D eigenvalue weighted by Gasteiger charge is -2.18. The quantitative estimate of drug-likeness (QED) is 0.193. The second-order valence-corrected chi connectivity index (χ2v) is 11.3. The van der Waals surface area contributed by atoms with Crippen molar-refractivity contribution in [3.63, 3.8) is 0 Å². The summed E-state index contributed by atoms with van der Waals surface area (Å²) < 4.78 is 10.8. The molecule has 0 spiro atoms. The predicted molar refractivity (Wildman–Crippen MR) is 155 cm³/mol. The molecule has 0 unspecified atom stereocenters. The molecular weight excluding hydrogens is 514 g/mol. The first kappa shape index (κ1) is 29.6. The Hall–Kier alpha value is -3.98. The summed E-state index contributed by atoms with van der Waals surface area (Å²) in [5.41, 5.74) is 6.17. The summed E-state index contributed by atoms with van der Waals surface area (Å²) in [6, 6.07) is 14.4. The lowest BCUT2D eigenvalue weighted by molar-refractivity contribution is -0.127. The van der Waals surface area contributed by atoms with Gasteiger partial charge in [-0.1, -0.05) is 45.0 Å². The molecule has 9 heteroatoms. The van der Waals surface area contributed by atoms with Crippen LogP contribution in [-0.2, 0) is 14.9 Å². The highest BCUT2D eigenvalue weighted by atomic mass is 32.1. The largest absolute Gasteiger partial charge is 0.481 e. The highest BCUT2D eigenvalue weighted by Gasteiger charge is 2.22. The van der Waals surface area contributed by atoms with E-state index in [1.54, 1.807) is 44.3 Å². The molecule has 2 amide bonds. The van der Waals surface area contributed by atoms with Crippen molar-refractivity contribution in [2.45, 2.75) is 60.0 Å². The number of carbonyl (C=O) groups is 3. The molecule has 1 aromatic heterocycles. The molecule has 0 aliphatic rings. The molecule has 3 aromatic rings. The van der Waals surface area contributed by atoms with Crippen molar-refractivity contribution in [2.24, 2.45) is 5.10 Å². The van der Waals surface area contributed by atoms with Crippen LogP contribution < -0.4 is 15.5 Å². The van der Waals surface area contributed by atoms with E-state index in [0.717, 1.165) is 16.0 Å². The van der Waals surface area contributed by atoms with Gasteiger partial charge < -0.3 is 14.8 Å². The van der Waals surface area contributed by atoms with Crippen LogP contribution in [0.2, 0.25) is 0 Å². The molecule has 0 bridgehead atoms. The van der Waals surface area contributed by atoms with Gasteiger partial charge in [-0.15, -0.1) is 11.3 Å². The lowest BCUT2D eigenvalue weighted by Crippen LogP contribution is -2.33. The summed E-state index contributed by atoms with van der Waals surface area (Å²) >= 11 is 1.33. The van der Waals surface area contributed by atoms with Gasteiger partial charge in [0.15, 0.2) is 6.10 Å². The van der Waals surface area contributed by atoms with Crippen molar-refractivity contribution in [2.75, 3.05) is 11.9 Å². The van der Waals surface area contributed by atoms with Gasteiger partial charge in [0.2, 0.25) is 0 Å². The third-order valence-electron chi connectivity index (χ3n) is 6.06. The van der Waals surface area contributed by atoms with Gasteiger partial charge >= 0.3 is 5.97 Å². The van der Waals surface area contributed by atoms with E-state index < -0.39 is 18.0 Å². The Kier molecular flexibility index (Phi) is 9.64. The molecule has 39 heavy (non-hydrogen) atoms. The molecule has 206 valence electrons. The molecule has 0 saturated heterocycles. The van der Waals surface area contributed by atoms with Crippen molar-refractivity contribution in [3.8, 4) is 5.75 Å². The minimum atomic E-state index is -0.811. The van der Waals surface area contributed by atoms with Crippen LogP contribution >= 0.6 is 11.3 Å². The van der Waals surface area contributed by atoms with Crippen LogP contribution in [0.4, 0.5) is 5.00 Å². The molecule has 1 atom stereocenters. The maximum atomic E-state index is 12.8. The molecule has 2 aromatic carbocycles. The Balaban J connectivity index is 1.56. The number of nitrogens with one attached hydrogen (secondary N) is 2. The maximum Gasteiger partial charge on any atom is 0.341 e. The number of carbonyl (C=O) groups excluding carboxylic acids is 3. The standard InChI is InChI=1S/C30H35N3O5S/c1-8-37-29(36)25-18(2)20(4)39-28(25)32-27(35)22-11-15-24(16-12-22)38-19(3)26(34)33-31-17-21-9-13-23(14-10-21)30(5,6)7/h9-17,19H,8H2,1-7H3,(H,32,35)(H,33,34)/b31-17-/t19-/m0/s1. The number of hydrogen-bond donors (Lipinski definition) is 2.